The first kappa shape index (κ1) is 40.6. The van der Waals surface area contributed by atoms with Crippen LogP contribution < -0.4 is 96.3 Å². The molecule has 0 aliphatic carbocycles. The largest absolute Gasteiger partial charge is 1.00 e. The molecule has 4 unspecified atom stereocenters. The van der Waals surface area contributed by atoms with Gasteiger partial charge < -0.3 is 55.9 Å². The fourth-order valence-electron chi connectivity index (χ4n) is 2.35. The van der Waals surface area contributed by atoms with Crippen LogP contribution in [0.2, 0.25) is 0 Å². The molecule has 22 nitrogen and oxygen atoms in total. The SMILES string of the molecule is CC([O-])(Nc1nc(NCC(O)CO)nc(NNc2nc(NCCS(=O)(=O)[O-])nc(NCC(O)CO)n2)n1)S(=O)O.[Na+].[Na+]. The number of aliphatic hydroxyl groups is 4. The summed E-state index contributed by atoms with van der Waals surface area (Å²) in [5.41, 5.74) is 4.98. The van der Waals surface area contributed by atoms with Gasteiger partial charge in [0.2, 0.25) is 35.7 Å². The first-order chi connectivity index (χ1) is 18.7. The molecule has 0 aromatic carbocycles. The van der Waals surface area contributed by atoms with Crippen molar-refractivity contribution in [1.29, 1.82) is 0 Å². The van der Waals surface area contributed by atoms with Gasteiger partial charge in [-0.3, -0.25) is 10.9 Å². The molecule has 0 amide bonds. The second-order valence-electron chi connectivity index (χ2n) is 7.81. The van der Waals surface area contributed by atoms with Gasteiger partial charge in [-0.2, -0.15) is 29.9 Å². The molecule has 0 spiro atoms. The Morgan fingerprint density at radius 1 is 0.810 bits per heavy atom. The molecule has 4 atom stereocenters. The smallest absolute Gasteiger partial charge is 0.822 e. The van der Waals surface area contributed by atoms with Gasteiger partial charge in [-0.1, -0.05) is 0 Å². The zero-order chi connectivity index (χ0) is 29.9. The van der Waals surface area contributed by atoms with Crippen molar-refractivity contribution in [2.24, 2.45) is 0 Å². The summed E-state index contributed by atoms with van der Waals surface area (Å²) in [6.07, 6.45) is -2.36. The Morgan fingerprint density at radius 2 is 1.19 bits per heavy atom. The first-order valence-corrected chi connectivity index (χ1v) is 13.8. The van der Waals surface area contributed by atoms with Crippen LogP contribution in [0.5, 0.6) is 0 Å². The Labute approximate surface area is 286 Å². The predicted octanol–water partition coefficient (Wildman–Crippen LogP) is -11.3. The molecule has 26 heteroatoms. The molecule has 2 rings (SSSR count). The van der Waals surface area contributed by atoms with Gasteiger partial charge in [-0.15, -0.1) is 0 Å². The Kier molecular flexibility index (Phi) is 18.5. The number of hydrogen-bond acceptors (Lipinski definition) is 21. The van der Waals surface area contributed by atoms with E-state index in [-0.39, 0.29) is 108 Å². The van der Waals surface area contributed by atoms with E-state index in [0.717, 1.165) is 6.92 Å². The number of hydrogen-bond donors (Lipinski definition) is 11. The standard InChI is InChI=1S/C16H29N12O10S2.2Na/c1-16(33,39(34)35)26-13-21-12(19-5-9(32)7-30)24-15(25-13)28-27-14-22-10(17-2-3-40(36,37)38)20-11(23-14)18-4-8(31)6-29;;/h8-9,29-32H,2-7H2,1H3,(H,34,35)(H,36,37,38)(H3,17,18,20,22,23,27)(H3,19,21,24,25,26,28);;/q-1;2*+1/p-1. The van der Waals surface area contributed by atoms with Crippen LogP contribution in [0.15, 0.2) is 0 Å². The molecule has 0 saturated carbocycles. The maximum absolute atomic E-state index is 12.2. The van der Waals surface area contributed by atoms with Gasteiger partial charge in [-0.25, -0.2) is 12.6 Å². The molecule has 0 fully saturated rings. The summed E-state index contributed by atoms with van der Waals surface area (Å²) >= 11 is -2.88. The first-order valence-electron chi connectivity index (χ1n) is 11.1. The summed E-state index contributed by atoms with van der Waals surface area (Å²) in [5.74, 6) is -2.36. The van der Waals surface area contributed by atoms with E-state index in [1.54, 1.807) is 0 Å². The van der Waals surface area contributed by atoms with Crippen LogP contribution in [-0.4, -0.2) is 128 Å². The summed E-state index contributed by atoms with van der Waals surface area (Å²) < 4.78 is 53.1. The molecule has 0 bridgehead atoms. The second kappa shape index (κ2) is 19.1. The molecule has 0 aliphatic heterocycles. The van der Waals surface area contributed by atoms with Gasteiger partial charge in [0.15, 0.2) is 11.1 Å². The van der Waals surface area contributed by atoms with E-state index in [1.165, 1.54) is 0 Å². The molecule has 42 heavy (non-hydrogen) atoms. The number of aliphatic hydroxyl groups excluding tert-OH is 4. The van der Waals surface area contributed by atoms with Crippen LogP contribution >= 0.6 is 0 Å². The Balaban J connectivity index is 0.00000840. The molecule has 0 saturated heterocycles. The predicted molar refractivity (Wildman–Crippen MR) is 136 cm³/mol. The van der Waals surface area contributed by atoms with E-state index in [0.29, 0.717) is 0 Å². The van der Waals surface area contributed by atoms with Crippen molar-refractivity contribution in [2.45, 2.75) is 24.2 Å². The molecular formula is C16H28N12Na2O10S2. The summed E-state index contributed by atoms with van der Waals surface area (Å²) in [6, 6.07) is 0. The van der Waals surface area contributed by atoms with Crippen LogP contribution in [0, 0.1) is 0 Å². The Bertz CT molecular complexity index is 1250. The molecule has 11 N–H and O–H groups in total. The molecule has 0 aliphatic rings. The third kappa shape index (κ3) is 15.4. The van der Waals surface area contributed by atoms with E-state index in [1.807, 2.05) is 0 Å². The summed E-state index contributed by atoms with van der Waals surface area (Å²) in [6.45, 7) is -1.03. The minimum absolute atomic E-state index is 0. The summed E-state index contributed by atoms with van der Waals surface area (Å²) in [5, 5.41) is 56.5. The van der Waals surface area contributed by atoms with Crippen LogP contribution in [0.3, 0.4) is 0 Å². The average Bonchev–Trinajstić information content (AvgIpc) is 2.88. The monoisotopic (exact) mass is 658 g/mol. The topological polar surface area (TPSA) is 348 Å². The third-order valence-corrected chi connectivity index (χ3v) is 5.75. The van der Waals surface area contributed by atoms with Crippen molar-refractivity contribution >= 4 is 56.9 Å². The van der Waals surface area contributed by atoms with Crippen molar-refractivity contribution < 1.29 is 106 Å². The maximum atomic E-state index is 12.2. The molecule has 0 radical (unpaired) electrons. The van der Waals surface area contributed by atoms with Crippen LogP contribution in [0.1, 0.15) is 6.92 Å². The number of nitrogens with zero attached hydrogens (tertiary/aromatic N) is 6. The number of aromatic nitrogens is 6. The van der Waals surface area contributed by atoms with Crippen molar-refractivity contribution in [1.82, 2.24) is 29.9 Å². The van der Waals surface area contributed by atoms with Crippen LogP contribution in [-0.2, 0) is 21.2 Å². The average molecular weight is 659 g/mol. The van der Waals surface area contributed by atoms with Gasteiger partial charge in [-0.05, 0) is 6.92 Å². The van der Waals surface area contributed by atoms with Gasteiger partial charge in [0, 0.05) is 19.6 Å². The molecule has 2 heterocycles. The van der Waals surface area contributed by atoms with Gasteiger partial charge in [0.25, 0.3) is 0 Å². The van der Waals surface area contributed by atoms with Crippen LogP contribution in [0.4, 0.5) is 35.7 Å². The number of hydrazine groups is 1. The minimum atomic E-state index is -4.53. The molecule has 226 valence electrons. The molecular weight excluding hydrogens is 630 g/mol. The molecule has 2 aromatic heterocycles. The summed E-state index contributed by atoms with van der Waals surface area (Å²) in [4.78, 5) is 23.7. The normalized spacial score (nSPS) is 14.6. The van der Waals surface area contributed by atoms with Crippen LogP contribution in [0.25, 0.3) is 0 Å². The second-order valence-corrected chi connectivity index (χ2v) is 10.6. The van der Waals surface area contributed by atoms with Gasteiger partial charge >= 0.3 is 59.1 Å². The van der Waals surface area contributed by atoms with E-state index in [9.17, 15) is 37.1 Å². The minimum Gasteiger partial charge on any atom is -0.822 e. The van der Waals surface area contributed by atoms with E-state index in [4.69, 9.17) is 10.2 Å². The third-order valence-electron chi connectivity index (χ3n) is 4.28. The number of nitrogens with one attached hydrogen (secondary N) is 6. The van der Waals surface area contributed by atoms with Crippen molar-refractivity contribution in [3.63, 3.8) is 0 Å². The van der Waals surface area contributed by atoms with E-state index in [2.05, 4.69) is 62.0 Å². The van der Waals surface area contributed by atoms with Crippen molar-refractivity contribution in [2.75, 3.05) is 70.7 Å². The quantitative estimate of drug-likeness (QED) is 0.0233. The van der Waals surface area contributed by atoms with E-state index >= 15 is 0 Å². The fourth-order valence-corrected chi connectivity index (χ4v) is 2.88. The zero-order valence-corrected chi connectivity index (χ0v) is 28.3. The number of anilines is 6. The van der Waals surface area contributed by atoms with Gasteiger partial charge in [0.05, 0.1) is 46.3 Å². The van der Waals surface area contributed by atoms with E-state index < -0.39 is 63.4 Å². The van der Waals surface area contributed by atoms with Crippen molar-refractivity contribution in [3.05, 3.63) is 0 Å². The maximum Gasteiger partial charge on any atom is 1.00 e. The van der Waals surface area contributed by atoms with Gasteiger partial charge in [0.1, 0.15) is 0 Å². The Morgan fingerprint density at radius 3 is 1.60 bits per heavy atom. The zero-order valence-electron chi connectivity index (χ0n) is 22.7. The molecule has 2 aromatic rings. The Hall–Kier alpha value is -1.36. The fraction of sp³-hybridized carbons (Fsp3) is 0.625. The number of rotatable bonds is 18. The van der Waals surface area contributed by atoms with Crippen molar-refractivity contribution in [3.8, 4) is 0 Å². The summed E-state index contributed by atoms with van der Waals surface area (Å²) in [7, 11) is -4.53.